The second kappa shape index (κ2) is 4.16. The van der Waals surface area contributed by atoms with E-state index in [9.17, 15) is 8.78 Å². The van der Waals surface area contributed by atoms with Crippen molar-refractivity contribution >= 4 is 0 Å². The fourth-order valence-corrected chi connectivity index (χ4v) is 3.22. The van der Waals surface area contributed by atoms with Gasteiger partial charge in [-0.15, -0.1) is 0 Å². The molecule has 0 aromatic heterocycles. The summed E-state index contributed by atoms with van der Waals surface area (Å²) in [6.07, 6.45) is 0. The molecule has 0 saturated heterocycles. The quantitative estimate of drug-likeness (QED) is 0.720. The van der Waals surface area contributed by atoms with Crippen LogP contribution >= 0.6 is 0 Å². The van der Waals surface area contributed by atoms with Crippen LogP contribution in [0, 0.1) is 17.0 Å². The van der Waals surface area contributed by atoms with Crippen LogP contribution in [0.5, 0.6) is 0 Å². The summed E-state index contributed by atoms with van der Waals surface area (Å²) < 4.78 is 26.0. The molecule has 1 aliphatic rings. The average Bonchev–Trinajstić information content (AvgIpc) is 2.94. The molecule has 0 nitrogen and oxygen atoms in total. The van der Waals surface area contributed by atoms with E-state index in [2.05, 4.69) is 13.8 Å². The molecule has 1 aliphatic carbocycles. The molecule has 2 aromatic carbocycles. The average molecular weight is 258 g/mol. The predicted octanol–water partition coefficient (Wildman–Crippen LogP) is 4.87. The summed E-state index contributed by atoms with van der Waals surface area (Å²) in [5, 5.41) is 0. The molecule has 3 rings (SSSR count). The molecule has 19 heavy (non-hydrogen) atoms. The minimum absolute atomic E-state index is 0.135. The minimum atomic E-state index is -0.208. The lowest BCUT2D eigenvalue weighted by Gasteiger charge is -2.02. The Bertz CT molecular complexity index is 528. The summed E-state index contributed by atoms with van der Waals surface area (Å²) in [6.45, 7) is 4.41. The molecule has 1 saturated carbocycles. The lowest BCUT2D eigenvalue weighted by atomic mass is 10.0. The highest BCUT2D eigenvalue weighted by molar-refractivity contribution is 5.42. The van der Waals surface area contributed by atoms with Gasteiger partial charge in [0.05, 0.1) is 0 Å². The van der Waals surface area contributed by atoms with Crippen LogP contribution in [0.15, 0.2) is 48.5 Å². The Morgan fingerprint density at radius 1 is 0.684 bits per heavy atom. The van der Waals surface area contributed by atoms with E-state index in [0.29, 0.717) is 11.8 Å². The van der Waals surface area contributed by atoms with E-state index in [1.165, 1.54) is 24.3 Å². The largest absolute Gasteiger partial charge is 0.207 e. The van der Waals surface area contributed by atoms with E-state index in [4.69, 9.17) is 0 Å². The van der Waals surface area contributed by atoms with E-state index in [1.54, 1.807) is 0 Å². The van der Waals surface area contributed by atoms with Crippen LogP contribution in [0.4, 0.5) is 8.78 Å². The lowest BCUT2D eigenvalue weighted by molar-refractivity contribution is 0.597. The number of hydrogen-bond acceptors (Lipinski definition) is 0. The van der Waals surface area contributed by atoms with E-state index < -0.39 is 0 Å². The van der Waals surface area contributed by atoms with Gasteiger partial charge in [0, 0.05) is 0 Å². The van der Waals surface area contributed by atoms with Crippen molar-refractivity contribution in [1.82, 2.24) is 0 Å². The number of halogens is 2. The maximum Gasteiger partial charge on any atom is 0.123 e. The fourth-order valence-electron chi connectivity index (χ4n) is 3.22. The first kappa shape index (κ1) is 12.3. The molecular formula is C17H16F2. The first-order chi connectivity index (χ1) is 9.00. The molecule has 98 valence electrons. The maximum absolute atomic E-state index is 13.0. The van der Waals surface area contributed by atoms with Gasteiger partial charge in [0.25, 0.3) is 0 Å². The molecule has 0 aliphatic heterocycles. The van der Waals surface area contributed by atoms with Crippen LogP contribution in [0.3, 0.4) is 0 Å². The van der Waals surface area contributed by atoms with Crippen molar-refractivity contribution < 1.29 is 8.78 Å². The third kappa shape index (κ3) is 2.05. The minimum Gasteiger partial charge on any atom is -0.207 e. The third-order valence-electron chi connectivity index (χ3n) is 4.29. The summed E-state index contributed by atoms with van der Waals surface area (Å²) in [4.78, 5) is 0. The normalized spacial score (nSPS) is 24.2. The molecular weight excluding hydrogens is 242 g/mol. The van der Waals surface area contributed by atoms with Gasteiger partial charge in [0.15, 0.2) is 0 Å². The standard InChI is InChI=1S/C17H16F2/c1-17(2)15(11-3-7-13(18)8-4-11)16(17)12-5-9-14(19)10-6-12/h3-10,15-16H,1-2H3/t15-,16?/m1/s1. The van der Waals surface area contributed by atoms with Crippen molar-refractivity contribution in [2.24, 2.45) is 5.41 Å². The van der Waals surface area contributed by atoms with Gasteiger partial charge in [-0.3, -0.25) is 0 Å². The van der Waals surface area contributed by atoms with Gasteiger partial charge in [-0.25, -0.2) is 8.78 Å². The van der Waals surface area contributed by atoms with E-state index in [-0.39, 0.29) is 17.0 Å². The highest BCUT2D eigenvalue weighted by atomic mass is 19.1. The first-order valence-corrected chi connectivity index (χ1v) is 6.51. The van der Waals surface area contributed by atoms with Crippen molar-refractivity contribution in [3.8, 4) is 0 Å². The summed E-state index contributed by atoms with van der Waals surface area (Å²) in [5.41, 5.74) is 2.44. The van der Waals surface area contributed by atoms with Crippen LogP contribution < -0.4 is 0 Å². The third-order valence-corrected chi connectivity index (χ3v) is 4.29. The summed E-state index contributed by atoms with van der Waals surface area (Å²) >= 11 is 0. The van der Waals surface area contributed by atoms with Crippen molar-refractivity contribution in [1.29, 1.82) is 0 Å². The van der Waals surface area contributed by atoms with Crippen molar-refractivity contribution in [2.75, 3.05) is 0 Å². The van der Waals surface area contributed by atoms with Gasteiger partial charge in [-0.2, -0.15) is 0 Å². The van der Waals surface area contributed by atoms with Crippen molar-refractivity contribution in [3.63, 3.8) is 0 Å². The fraction of sp³-hybridized carbons (Fsp3) is 0.294. The highest BCUT2D eigenvalue weighted by Crippen LogP contribution is 2.69. The van der Waals surface area contributed by atoms with Gasteiger partial charge >= 0.3 is 0 Å². The zero-order valence-corrected chi connectivity index (χ0v) is 11.0. The maximum atomic E-state index is 13.0. The monoisotopic (exact) mass is 258 g/mol. The number of hydrogen-bond donors (Lipinski definition) is 0. The zero-order chi connectivity index (χ0) is 13.6. The van der Waals surface area contributed by atoms with Gasteiger partial charge in [-0.1, -0.05) is 38.1 Å². The molecule has 0 spiro atoms. The molecule has 1 unspecified atom stereocenters. The SMILES string of the molecule is CC1(C)C(c2ccc(F)cc2)[C@H]1c1ccc(F)cc1. The Hall–Kier alpha value is -1.70. The Balaban J connectivity index is 1.92. The summed E-state index contributed by atoms with van der Waals surface area (Å²) in [5.74, 6) is 0.332. The second-order valence-corrected chi connectivity index (χ2v) is 5.88. The van der Waals surface area contributed by atoms with Gasteiger partial charge in [-0.05, 0) is 52.6 Å². The summed E-state index contributed by atoms with van der Waals surface area (Å²) in [6, 6.07) is 13.4. The van der Waals surface area contributed by atoms with Crippen LogP contribution in [0.2, 0.25) is 0 Å². The number of rotatable bonds is 2. The molecule has 0 heterocycles. The van der Waals surface area contributed by atoms with E-state index in [0.717, 1.165) is 11.1 Å². The molecule has 0 amide bonds. The molecule has 1 fully saturated rings. The number of benzene rings is 2. The second-order valence-electron chi connectivity index (χ2n) is 5.88. The van der Waals surface area contributed by atoms with Crippen LogP contribution in [-0.4, -0.2) is 0 Å². The Morgan fingerprint density at radius 3 is 1.32 bits per heavy atom. The predicted molar refractivity (Wildman–Crippen MR) is 72.1 cm³/mol. The molecule has 0 radical (unpaired) electrons. The Morgan fingerprint density at radius 2 is 1.00 bits per heavy atom. The van der Waals surface area contributed by atoms with Gasteiger partial charge in [0.1, 0.15) is 11.6 Å². The van der Waals surface area contributed by atoms with Crippen LogP contribution in [0.1, 0.15) is 36.8 Å². The molecule has 0 N–H and O–H groups in total. The van der Waals surface area contributed by atoms with Crippen molar-refractivity contribution in [2.45, 2.75) is 25.7 Å². The first-order valence-electron chi connectivity index (χ1n) is 6.51. The topological polar surface area (TPSA) is 0 Å². The lowest BCUT2D eigenvalue weighted by Crippen LogP contribution is -1.90. The van der Waals surface area contributed by atoms with Gasteiger partial charge in [0.2, 0.25) is 0 Å². The Labute approximate surface area is 112 Å². The van der Waals surface area contributed by atoms with Crippen LogP contribution in [0.25, 0.3) is 0 Å². The zero-order valence-electron chi connectivity index (χ0n) is 11.0. The van der Waals surface area contributed by atoms with Crippen LogP contribution in [-0.2, 0) is 0 Å². The van der Waals surface area contributed by atoms with E-state index >= 15 is 0 Å². The van der Waals surface area contributed by atoms with Gasteiger partial charge < -0.3 is 0 Å². The molecule has 2 atom stereocenters. The molecule has 2 aromatic rings. The van der Waals surface area contributed by atoms with Crippen molar-refractivity contribution in [3.05, 3.63) is 71.3 Å². The molecule has 0 bridgehead atoms. The highest BCUT2D eigenvalue weighted by Gasteiger charge is 2.58. The summed E-state index contributed by atoms with van der Waals surface area (Å²) in [7, 11) is 0. The Kier molecular flexibility index (Phi) is 2.70. The molecule has 2 heteroatoms. The van der Waals surface area contributed by atoms with E-state index in [1.807, 2.05) is 24.3 Å². The smallest absolute Gasteiger partial charge is 0.123 e.